The maximum absolute atomic E-state index is 10.6. The van der Waals surface area contributed by atoms with Gasteiger partial charge in [-0.3, -0.25) is 0 Å². The van der Waals surface area contributed by atoms with Crippen molar-refractivity contribution in [1.82, 2.24) is 0 Å². The molecule has 0 amide bonds. The fraction of sp³-hybridized carbons (Fsp3) is 0.700. The van der Waals surface area contributed by atoms with Gasteiger partial charge in [-0.2, -0.15) is 0 Å². The molecule has 1 aromatic rings. The molecule has 0 aromatic heterocycles. The summed E-state index contributed by atoms with van der Waals surface area (Å²) in [5, 5.41) is 12.1. The molecule has 1 heterocycles. The Hall–Kier alpha value is -0.643. The first-order valence-corrected chi connectivity index (χ1v) is 12.2. The van der Waals surface area contributed by atoms with Crippen LogP contribution < -0.4 is 5.19 Å². The lowest BCUT2D eigenvalue weighted by Gasteiger charge is -2.42. The Kier molecular flexibility index (Phi) is 5.60. The third kappa shape index (κ3) is 3.72. The highest BCUT2D eigenvalue weighted by atomic mass is 28.3. The Morgan fingerprint density at radius 3 is 2.26 bits per heavy atom. The highest BCUT2D eigenvalue weighted by Crippen LogP contribution is 2.39. The normalized spacial score (nSPS) is 24.4. The number of aliphatic hydroxyl groups is 1. The van der Waals surface area contributed by atoms with E-state index in [0.29, 0.717) is 6.23 Å². The van der Waals surface area contributed by atoms with Gasteiger partial charge in [0.25, 0.3) is 0 Å². The monoisotopic (exact) mass is 332 g/mol. The molecule has 0 bridgehead atoms. The highest BCUT2D eigenvalue weighted by molar-refractivity contribution is 6.93. The minimum absolute atomic E-state index is 0.446. The van der Waals surface area contributed by atoms with Gasteiger partial charge in [-0.1, -0.05) is 67.6 Å². The van der Waals surface area contributed by atoms with Gasteiger partial charge in [-0.05, 0) is 11.6 Å². The van der Waals surface area contributed by atoms with Crippen LogP contribution in [-0.2, 0) is 0 Å². The van der Waals surface area contributed by atoms with Crippen LogP contribution in [0.4, 0.5) is 0 Å². The van der Waals surface area contributed by atoms with Crippen LogP contribution in [0.2, 0.25) is 11.6 Å². The average molecular weight is 333 g/mol. The minimum atomic E-state index is -1.82. The summed E-state index contributed by atoms with van der Waals surface area (Å²) in [7, 11) is 0.621. The fourth-order valence-corrected chi connectivity index (χ4v) is 10.2. The topological polar surface area (TPSA) is 20.2 Å². The molecule has 1 aliphatic carbocycles. The average Bonchev–Trinajstić information content (AvgIpc) is 3.05. The maximum Gasteiger partial charge on any atom is 0.123 e. The first kappa shape index (κ1) is 17.2. The molecule has 128 valence electrons. The van der Waals surface area contributed by atoms with E-state index in [0.717, 1.165) is 5.54 Å². The molecule has 0 radical (unpaired) electrons. The van der Waals surface area contributed by atoms with Crippen molar-refractivity contribution in [3.63, 3.8) is 0 Å². The molecule has 1 saturated heterocycles. The van der Waals surface area contributed by atoms with Crippen LogP contribution in [0.25, 0.3) is 0 Å². The number of rotatable bonds is 6. The molecule has 1 aliphatic heterocycles. The summed E-state index contributed by atoms with van der Waals surface area (Å²) < 4.78 is 1.24. The Balaban J connectivity index is 1.85. The Labute approximate surface area is 143 Å². The lowest BCUT2D eigenvalue weighted by Crippen LogP contribution is -2.59. The smallest absolute Gasteiger partial charge is 0.123 e. The van der Waals surface area contributed by atoms with E-state index in [1.165, 1.54) is 80.3 Å². The first-order valence-electron chi connectivity index (χ1n) is 9.69. The third-order valence-electron chi connectivity index (χ3n) is 6.76. The molecule has 1 saturated carbocycles. The van der Waals surface area contributed by atoms with Crippen LogP contribution in [-0.4, -0.2) is 50.6 Å². The molecule has 2 fully saturated rings. The standard InChI is InChI=1S/C20H34NOSi/c1-21(14-8-9-15-21)16-17-23(18-22,19-10-4-2-5-11-19)20-12-6-3-7-13-20/h2,4-5,10-11,20,22H,3,6-9,12-18H2,1H3/q+1/t23-/m1/s1. The molecule has 3 heteroatoms. The first-order chi connectivity index (χ1) is 11.2. The molecule has 23 heavy (non-hydrogen) atoms. The van der Waals surface area contributed by atoms with Crippen LogP contribution in [0.1, 0.15) is 44.9 Å². The number of nitrogens with zero attached hydrogens (tertiary/aromatic N) is 1. The number of aliphatic hydroxyl groups excluding tert-OH is 1. The third-order valence-corrected chi connectivity index (χ3v) is 12.1. The van der Waals surface area contributed by atoms with Crippen molar-refractivity contribution in [3.8, 4) is 0 Å². The quantitative estimate of drug-likeness (QED) is 0.625. The molecular weight excluding hydrogens is 298 g/mol. The van der Waals surface area contributed by atoms with Gasteiger partial charge in [0.1, 0.15) is 8.07 Å². The van der Waals surface area contributed by atoms with Gasteiger partial charge in [0.05, 0.1) is 26.7 Å². The molecule has 3 rings (SSSR count). The fourth-order valence-electron chi connectivity index (χ4n) is 5.10. The van der Waals surface area contributed by atoms with Crippen molar-refractivity contribution in [2.75, 3.05) is 32.9 Å². The van der Waals surface area contributed by atoms with Gasteiger partial charge < -0.3 is 9.59 Å². The van der Waals surface area contributed by atoms with Gasteiger partial charge in [-0.25, -0.2) is 0 Å². The summed E-state index contributed by atoms with van der Waals surface area (Å²) in [5.74, 6) is 0. The largest absolute Gasteiger partial charge is 0.399 e. The summed E-state index contributed by atoms with van der Waals surface area (Å²) in [5.41, 5.74) is 0.790. The van der Waals surface area contributed by atoms with Crippen molar-refractivity contribution >= 4 is 13.3 Å². The summed E-state index contributed by atoms with van der Waals surface area (Å²) in [6.07, 6.45) is 10.1. The lowest BCUT2D eigenvalue weighted by atomic mass is 10.0. The zero-order valence-corrected chi connectivity index (χ0v) is 15.8. The lowest BCUT2D eigenvalue weighted by molar-refractivity contribution is -0.895. The highest BCUT2D eigenvalue weighted by Gasteiger charge is 2.44. The summed E-state index contributed by atoms with van der Waals surface area (Å²) in [6.45, 7) is 3.96. The zero-order valence-electron chi connectivity index (χ0n) is 14.8. The van der Waals surface area contributed by atoms with Gasteiger partial charge in [0, 0.05) is 19.1 Å². The number of hydrogen-bond donors (Lipinski definition) is 1. The van der Waals surface area contributed by atoms with Gasteiger partial charge in [0.2, 0.25) is 0 Å². The van der Waals surface area contributed by atoms with E-state index in [2.05, 4.69) is 37.4 Å². The van der Waals surface area contributed by atoms with E-state index in [9.17, 15) is 5.11 Å². The van der Waals surface area contributed by atoms with E-state index in [4.69, 9.17) is 0 Å². The minimum Gasteiger partial charge on any atom is -0.399 e. The second kappa shape index (κ2) is 7.50. The molecule has 1 N–H and O–H groups in total. The second-order valence-electron chi connectivity index (χ2n) is 8.26. The number of benzene rings is 1. The summed E-state index contributed by atoms with van der Waals surface area (Å²) >= 11 is 0. The summed E-state index contributed by atoms with van der Waals surface area (Å²) in [4.78, 5) is 0. The van der Waals surface area contributed by atoms with Crippen LogP contribution >= 0.6 is 0 Å². The molecule has 0 unspecified atom stereocenters. The number of quaternary nitrogens is 1. The van der Waals surface area contributed by atoms with Gasteiger partial charge in [0.15, 0.2) is 0 Å². The van der Waals surface area contributed by atoms with Crippen LogP contribution in [0.5, 0.6) is 0 Å². The van der Waals surface area contributed by atoms with E-state index < -0.39 is 8.07 Å². The van der Waals surface area contributed by atoms with Crippen LogP contribution in [0.15, 0.2) is 30.3 Å². The maximum atomic E-state index is 10.6. The Morgan fingerprint density at radius 1 is 1.00 bits per heavy atom. The Morgan fingerprint density at radius 2 is 1.65 bits per heavy atom. The van der Waals surface area contributed by atoms with Crippen molar-refractivity contribution in [1.29, 1.82) is 0 Å². The molecule has 1 atom stereocenters. The number of likely N-dealkylation sites (tertiary alicyclic amines) is 1. The van der Waals surface area contributed by atoms with Crippen LogP contribution in [0, 0.1) is 0 Å². The SMILES string of the molecule is C[N+]1(CC[Si@@](CO)(c2ccccc2)C2CCCCC2)CCCC1. The predicted octanol–water partition coefficient (Wildman–Crippen LogP) is 3.45. The predicted molar refractivity (Wildman–Crippen MR) is 101 cm³/mol. The van der Waals surface area contributed by atoms with E-state index in [-0.39, 0.29) is 0 Å². The molecular formula is C20H34NOSi+. The zero-order chi connectivity index (χ0) is 16.2. The van der Waals surface area contributed by atoms with Crippen LogP contribution in [0.3, 0.4) is 0 Å². The second-order valence-corrected chi connectivity index (χ2v) is 12.8. The van der Waals surface area contributed by atoms with Gasteiger partial charge in [-0.15, -0.1) is 0 Å². The number of hydrogen-bond acceptors (Lipinski definition) is 1. The van der Waals surface area contributed by atoms with Crippen molar-refractivity contribution in [2.24, 2.45) is 0 Å². The van der Waals surface area contributed by atoms with E-state index in [1.807, 2.05) is 0 Å². The molecule has 1 aromatic carbocycles. The Bertz CT molecular complexity index is 480. The molecule has 2 nitrogen and oxygen atoms in total. The van der Waals surface area contributed by atoms with Crippen molar-refractivity contribution in [2.45, 2.75) is 56.5 Å². The van der Waals surface area contributed by atoms with E-state index in [1.54, 1.807) is 0 Å². The molecule has 0 spiro atoms. The molecule has 2 aliphatic rings. The van der Waals surface area contributed by atoms with Gasteiger partial charge >= 0.3 is 0 Å². The summed E-state index contributed by atoms with van der Waals surface area (Å²) in [6, 6.07) is 12.4. The van der Waals surface area contributed by atoms with Crippen molar-refractivity contribution in [3.05, 3.63) is 30.3 Å². The van der Waals surface area contributed by atoms with E-state index >= 15 is 0 Å². The van der Waals surface area contributed by atoms with Crippen molar-refractivity contribution < 1.29 is 9.59 Å².